The fourth-order valence-electron chi connectivity index (χ4n) is 1.68. The molecule has 0 saturated heterocycles. The molecule has 0 fully saturated rings. The third kappa shape index (κ3) is 2.45. The summed E-state index contributed by atoms with van der Waals surface area (Å²) in [5.41, 5.74) is 7.32. The van der Waals surface area contributed by atoms with Crippen LogP contribution in [-0.2, 0) is 0 Å². The fraction of sp³-hybridized carbons (Fsp3) is 0.273. The third-order valence-electron chi connectivity index (χ3n) is 2.39. The zero-order valence-electron chi connectivity index (χ0n) is 8.13. The summed E-state index contributed by atoms with van der Waals surface area (Å²) in [6, 6.07) is 4.89. The number of benzene rings is 1. The molecule has 0 bridgehead atoms. The van der Waals surface area contributed by atoms with E-state index < -0.39 is 0 Å². The molecule has 1 aliphatic heterocycles. The highest BCUT2D eigenvalue weighted by Gasteiger charge is 2.14. The Morgan fingerprint density at radius 2 is 2.27 bits per heavy atom. The molecule has 1 atom stereocenters. The van der Waals surface area contributed by atoms with Crippen molar-refractivity contribution < 1.29 is 4.39 Å². The second-order valence-corrected chi connectivity index (χ2v) is 4.53. The maximum atomic E-state index is 13.6. The van der Waals surface area contributed by atoms with Gasteiger partial charge in [-0.25, -0.2) is 4.39 Å². The molecule has 0 aliphatic carbocycles. The molecule has 0 spiro atoms. The van der Waals surface area contributed by atoms with Crippen molar-refractivity contribution in [2.24, 2.45) is 5.73 Å². The first-order valence-corrected chi connectivity index (χ1v) is 5.58. The van der Waals surface area contributed by atoms with Crippen LogP contribution in [-0.4, -0.2) is 19.1 Å². The number of rotatable bonds is 1. The Bertz CT molecular complexity index is 404. The highest BCUT2D eigenvalue weighted by molar-refractivity contribution is 9.10. The predicted octanol–water partition coefficient (Wildman–Crippen LogP) is 1.90. The summed E-state index contributed by atoms with van der Waals surface area (Å²) in [4.78, 5) is 0. The first kappa shape index (κ1) is 10.8. The van der Waals surface area contributed by atoms with E-state index in [-0.39, 0.29) is 11.9 Å². The lowest BCUT2D eigenvalue weighted by atomic mass is 10.0. The number of hydrogen-bond acceptors (Lipinski definition) is 2. The van der Waals surface area contributed by atoms with Crippen molar-refractivity contribution in [1.29, 1.82) is 0 Å². The van der Waals surface area contributed by atoms with E-state index in [2.05, 4.69) is 21.2 Å². The first-order chi connectivity index (χ1) is 7.16. The van der Waals surface area contributed by atoms with Gasteiger partial charge in [0.05, 0.1) is 0 Å². The molecule has 4 heteroatoms. The van der Waals surface area contributed by atoms with Crippen molar-refractivity contribution in [2.45, 2.75) is 6.04 Å². The summed E-state index contributed by atoms with van der Waals surface area (Å²) in [5.74, 6) is -0.208. The molecule has 0 aromatic heterocycles. The van der Waals surface area contributed by atoms with Crippen LogP contribution in [0.3, 0.4) is 0 Å². The standard InChI is InChI=1S/C11H12BrFN2/c12-8-1-2-11(13)10(4-8)7-3-9(14)6-15-5-7/h1-4,9,15H,5-6,14H2. The van der Waals surface area contributed by atoms with E-state index >= 15 is 0 Å². The number of hydrogen-bond donors (Lipinski definition) is 2. The lowest BCUT2D eigenvalue weighted by Gasteiger charge is -2.19. The van der Waals surface area contributed by atoms with Crippen LogP contribution in [0.2, 0.25) is 0 Å². The Kier molecular flexibility index (Phi) is 3.19. The van der Waals surface area contributed by atoms with E-state index in [0.29, 0.717) is 12.1 Å². The van der Waals surface area contributed by atoms with Gasteiger partial charge in [-0.05, 0) is 23.8 Å². The van der Waals surface area contributed by atoms with E-state index in [1.54, 1.807) is 12.1 Å². The van der Waals surface area contributed by atoms with Crippen molar-refractivity contribution in [2.75, 3.05) is 13.1 Å². The minimum absolute atomic E-state index is 0.0351. The van der Waals surface area contributed by atoms with Gasteiger partial charge in [0, 0.05) is 29.2 Å². The predicted molar refractivity (Wildman–Crippen MR) is 62.9 cm³/mol. The van der Waals surface area contributed by atoms with Crippen LogP contribution in [0, 0.1) is 5.82 Å². The molecule has 1 heterocycles. The van der Waals surface area contributed by atoms with Crippen molar-refractivity contribution in [3.8, 4) is 0 Å². The monoisotopic (exact) mass is 270 g/mol. The van der Waals surface area contributed by atoms with Crippen LogP contribution in [0.15, 0.2) is 28.7 Å². The van der Waals surface area contributed by atoms with Crippen LogP contribution in [0.1, 0.15) is 5.56 Å². The molecule has 0 amide bonds. The van der Waals surface area contributed by atoms with Crippen LogP contribution >= 0.6 is 15.9 Å². The molecule has 0 radical (unpaired) electrons. The van der Waals surface area contributed by atoms with Gasteiger partial charge in [0.1, 0.15) is 5.82 Å². The van der Waals surface area contributed by atoms with E-state index in [4.69, 9.17) is 5.73 Å². The van der Waals surface area contributed by atoms with Crippen molar-refractivity contribution >= 4 is 21.5 Å². The summed E-state index contributed by atoms with van der Waals surface area (Å²) < 4.78 is 14.4. The molecular formula is C11H12BrFN2. The summed E-state index contributed by atoms with van der Waals surface area (Å²) in [5, 5.41) is 3.15. The molecule has 1 aromatic rings. The average molecular weight is 271 g/mol. The summed E-state index contributed by atoms with van der Waals surface area (Å²) in [6.45, 7) is 1.42. The SMILES string of the molecule is NC1C=C(c2cc(Br)ccc2F)CNC1. The molecule has 1 unspecified atom stereocenters. The Morgan fingerprint density at radius 3 is 3.00 bits per heavy atom. The van der Waals surface area contributed by atoms with Gasteiger partial charge in [-0.15, -0.1) is 0 Å². The van der Waals surface area contributed by atoms with E-state index in [9.17, 15) is 4.39 Å². The van der Waals surface area contributed by atoms with Crippen LogP contribution in [0.5, 0.6) is 0 Å². The molecule has 2 rings (SSSR count). The van der Waals surface area contributed by atoms with Crippen molar-refractivity contribution in [3.05, 3.63) is 40.1 Å². The zero-order chi connectivity index (χ0) is 10.8. The minimum Gasteiger partial charge on any atom is -0.323 e. The average Bonchev–Trinajstić information content (AvgIpc) is 2.22. The number of nitrogens with one attached hydrogen (secondary N) is 1. The second kappa shape index (κ2) is 4.43. The molecule has 15 heavy (non-hydrogen) atoms. The quantitative estimate of drug-likeness (QED) is 0.818. The summed E-state index contributed by atoms with van der Waals surface area (Å²) in [7, 11) is 0. The van der Waals surface area contributed by atoms with Crippen LogP contribution < -0.4 is 11.1 Å². The summed E-state index contributed by atoms with van der Waals surface area (Å²) in [6.07, 6.45) is 1.92. The summed E-state index contributed by atoms with van der Waals surface area (Å²) >= 11 is 3.33. The molecule has 1 aliphatic rings. The lowest BCUT2D eigenvalue weighted by Crippen LogP contribution is -2.37. The van der Waals surface area contributed by atoms with Crippen molar-refractivity contribution in [3.63, 3.8) is 0 Å². The molecule has 80 valence electrons. The molecular weight excluding hydrogens is 259 g/mol. The second-order valence-electron chi connectivity index (χ2n) is 3.61. The third-order valence-corrected chi connectivity index (χ3v) is 2.88. The maximum absolute atomic E-state index is 13.6. The molecule has 0 saturated carbocycles. The van der Waals surface area contributed by atoms with E-state index in [1.165, 1.54) is 6.07 Å². The smallest absolute Gasteiger partial charge is 0.130 e. The zero-order valence-corrected chi connectivity index (χ0v) is 9.72. The highest BCUT2D eigenvalue weighted by Crippen LogP contribution is 2.23. The van der Waals surface area contributed by atoms with Gasteiger partial charge in [-0.2, -0.15) is 0 Å². The van der Waals surface area contributed by atoms with Gasteiger partial charge in [-0.1, -0.05) is 22.0 Å². The number of nitrogens with two attached hydrogens (primary N) is 1. The van der Waals surface area contributed by atoms with E-state index in [1.807, 2.05) is 6.08 Å². The Labute approximate surface area is 96.5 Å². The van der Waals surface area contributed by atoms with Gasteiger partial charge in [0.2, 0.25) is 0 Å². The van der Waals surface area contributed by atoms with Crippen LogP contribution in [0.25, 0.3) is 5.57 Å². The minimum atomic E-state index is -0.208. The largest absolute Gasteiger partial charge is 0.323 e. The Morgan fingerprint density at radius 1 is 1.47 bits per heavy atom. The Balaban J connectivity index is 2.40. The molecule has 1 aromatic carbocycles. The highest BCUT2D eigenvalue weighted by atomic mass is 79.9. The molecule has 3 N–H and O–H groups in total. The fourth-order valence-corrected chi connectivity index (χ4v) is 2.04. The van der Waals surface area contributed by atoms with Gasteiger partial charge < -0.3 is 11.1 Å². The van der Waals surface area contributed by atoms with Gasteiger partial charge in [0.25, 0.3) is 0 Å². The van der Waals surface area contributed by atoms with Crippen molar-refractivity contribution in [1.82, 2.24) is 5.32 Å². The van der Waals surface area contributed by atoms with Gasteiger partial charge in [0.15, 0.2) is 0 Å². The molecule has 2 nitrogen and oxygen atoms in total. The van der Waals surface area contributed by atoms with E-state index in [0.717, 1.165) is 16.6 Å². The first-order valence-electron chi connectivity index (χ1n) is 4.79. The normalized spacial score (nSPS) is 21.3. The lowest BCUT2D eigenvalue weighted by molar-refractivity contribution is 0.616. The Hall–Kier alpha value is -0.710. The maximum Gasteiger partial charge on any atom is 0.130 e. The van der Waals surface area contributed by atoms with Crippen LogP contribution in [0.4, 0.5) is 4.39 Å². The number of halogens is 2. The topological polar surface area (TPSA) is 38.0 Å². The van der Waals surface area contributed by atoms with Gasteiger partial charge >= 0.3 is 0 Å². The van der Waals surface area contributed by atoms with Gasteiger partial charge in [-0.3, -0.25) is 0 Å².